The van der Waals surface area contributed by atoms with Crippen LogP contribution < -0.4 is 9.80 Å². The van der Waals surface area contributed by atoms with E-state index in [-0.39, 0.29) is 30.3 Å². The standard InChI is InChI=1S/C19H23N5O5/c1-28-16(25)7-8-23(13-15-5-3-2-4-6-15)19-17(24(26)27)18(20-14-21-19)22-9-11-29-12-10-22/h2-6,14H,7-13H2,1H3. The van der Waals surface area contributed by atoms with Crippen LogP contribution in [0.5, 0.6) is 0 Å². The average molecular weight is 401 g/mol. The van der Waals surface area contributed by atoms with Crippen molar-refractivity contribution < 1.29 is 19.2 Å². The number of aromatic nitrogens is 2. The monoisotopic (exact) mass is 401 g/mol. The highest BCUT2D eigenvalue weighted by atomic mass is 16.6. The van der Waals surface area contributed by atoms with Gasteiger partial charge in [-0.25, -0.2) is 9.97 Å². The molecule has 1 saturated heterocycles. The number of morpholine rings is 1. The summed E-state index contributed by atoms with van der Waals surface area (Å²) in [4.78, 5) is 35.2. The minimum absolute atomic E-state index is 0.0807. The first-order valence-electron chi connectivity index (χ1n) is 9.28. The molecule has 0 radical (unpaired) electrons. The van der Waals surface area contributed by atoms with Crippen molar-refractivity contribution in [3.05, 3.63) is 52.3 Å². The Morgan fingerprint density at radius 3 is 2.66 bits per heavy atom. The fourth-order valence-electron chi connectivity index (χ4n) is 3.15. The van der Waals surface area contributed by atoms with Crippen molar-refractivity contribution in [3.63, 3.8) is 0 Å². The molecule has 0 N–H and O–H groups in total. The molecular weight excluding hydrogens is 378 g/mol. The number of nitrogens with zero attached hydrogens (tertiary/aromatic N) is 5. The largest absolute Gasteiger partial charge is 0.469 e. The van der Waals surface area contributed by atoms with E-state index in [0.29, 0.717) is 32.8 Å². The van der Waals surface area contributed by atoms with Crippen molar-refractivity contribution in [1.29, 1.82) is 0 Å². The molecule has 0 atom stereocenters. The normalized spacial score (nSPS) is 13.8. The van der Waals surface area contributed by atoms with E-state index in [4.69, 9.17) is 9.47 Å². The van der Waals surface area contributed by atoms with Gasteiger partial charge in [0.25, 0.3) is 0 Å². The summed E-state index contributed by atoms with van der Waals surface area (Å²) in [6, 6.07) is 9.51. The van der Waals surface area contributed by atoms with Gasteiger partial charge in [0.1, 0.15) is 6.33 Å². The summed E-state index contributed by atoms with van der Waals surface area (Å²) in [5.41, 5.74) is 0.772. The molecule has 1 fully saturated rings. The Labute approximate surface area is 168 Å². The van der Waals surface area contributed by atoms with Gasteiger partial charge in [0.2, 0.25) is 11.6 Å². The molecule has 10 heteroatoms. The summed E-state index contributed by atoms with van der Waals surface area (Å²) in [5, 5.41) is 12.0. The topological polar surface area (TPSA) is 111 Å². The van der Waals surface area contributed by atoms with Crippen molar-refractivity contribution in [2.24, 2.45) is 0 Å². The summed E-state index contributed by atoms with van der Waals surface area (Å²) in [5.74, 6) is 0.0480. The van der Waals surface area contributed by atoms with Gasteiger partial charge in [0, 0.05) is 26.2 Å². The molecule has 2 heterocycles. The smallest absolute Gasteiger partial charge is 0.353 e. The van der Waals surface area contributed by atoms with Gasteiger partial charge in [0.05, 0.1) is 31.7 Å². The van der Waals surface area contributed by atoms with Crippen LogP contribution in [0.25, 0.3) is 0 Å². The molecule has 0 amide bonds. The second kappa shape index (κ2) is 9.78. The number of hydrogen-bond acceptors (Lipinski definition) is 9. The van der Waals surface area contributed by atoms with E-state index in [1.165, 1.54) is 13.4 Å². The summed E-state index contributed by atoms with van der Waals surface area (Å²) in [6.45, 7) is 2.57. The van der Waals surface area contributed by atoms with E-state index in [2.05, 4.69) is 9.97 Å². The van der Waals surface area contributed by atoms with Gasteiger partial charge < -0.3 is 19.3 Å². The third kappa shape index (κ3) is 5.17. The highest BCUT2D eigenvalue weighted by molar-refractivity contribution is 5.73. The predicted molar refractivity (Wildman–Crippen MR) is 106 cm³/mol. The van der Waals surface area contributed by atoms with Crippen molar-refractivity contribution in [1.82, 2.24) is 9.97 Å². The Morgan fingerprint density at radius 2 is 2.00 bits per heavy atom. The number of carbonyl (C=O) groups excluding carboxylic acids is 1. The number of esters is 1. The van der Waals surface area contributed by atoms with Crippen LogP contribution in [0.1, 0.15) is 12.0 Å². The Kier molecular flexibility index (Phi) is 6.90. The zero-order valence-corrected chi connectivity index (χ0v) is 16.2. The molecule has 10 nitrogen and oxygen atoms in total. The molecule has 0 saturated carbocycles. The van der Waals surface area contributed by atoms with Crippen LogP contribution in [0.3, 0.4) is 0 Å². The van der Waals surface area contributed by atoms with Crippen LogP contribution in [-0.2, 0) is 20.8 Å². The van der Waals surface area contributed by atoms with Crippen molar-refractivity contribution >= 4 is 23.3 Å². The van der Waals surface area contributed by atoms with Gasteiger partial charge in [0.15, 0.2) is 0 Å². The number of hydrogen-bond donors (Lipinski definition) is 0. The summed E-state index contributed by atoms with van der Waals surface area (Å²) in [7, 11) is 1.31. The minimum Gasteiger partial charge on any atom is -0.469 e. The number of rotatable bonds is 8. The number of ether oxygens (including phenoxy) is 2. The lowest BCUT2D eigenvalue weighted by atomic mass is 10.2. The summed E-state index contributed by atoms with van der Waals surface area (Å²) in [6.07, 6.45) is 1.40. The molecule has 154 valence electrons. The maximum atomic E-state index is 12.0. The number of anilines is 2. The Balaban J connectivity index is 1.98. The van der Waals surface area contributed by atoms with Crippen LogP contribution in [0, 0.1) is 10.1 Å². The van der Waals surface area contributed by atoms with Gasteiger partial charge in [-0.15, -0.1) is 0 Å². The zero-order valence-electron chi connectivity index (χ0n) is 16.2. The Morgan fingerprint density at radius 1 is 1.28 bits per heavy atom. The number of carbonyl (C=O) groups is 1. The number of nitro groups is 1. The molecule has 0 aliphatic carbocycles. The highest BCUT2D eigenvalue weighted by Gasteiger charge is 2.31. The quantitative estimate of drug-likeness (QED) is 0.371. The zero-order chi connectivity index (χ0) is 20.6. The van der Waals surface area contributed by atoms with Crippen LogP contribution in [-0.4, -0.2) is 60.8 Å². The first kappa shape index (κ1) is 20.5. The van der Waals surface area contributed by atoms with E-state index in [9.17, 15) is 14.9 Å². The van der Waals surface area contributed by atoms with E-state index in [1.54, 1.807) is 4.90 Å². The SMILES string of the molecule is COC(=O)CCN(Cc1ccccc1)c1ncnc(N2CCOCC2)c1[N+](=O)[O-]. The van der Waals surface area contributed by atoms with Crippen LogP contribution in [0.4, 0.5) is 17.3 Å². The van der Waals surface area contributed by atoms with Crippen LogP contribution >= 0.6 is 0 Å². The summed E-state index contributed by atoms with van der Waals surface area (Å²) >= 11 is 0. The molecule has 1 aliphatic rings. The lowest BCUT2D eigenvalue weighted by molar-refractivity contribution is -0.383. The minimum atomic E-state index is -0.462. The van der Waals surface area contributed by atoms with E-state index >= 15 is 0 Å². The molecular formula is C19H23N5O5. The summed E-state index contributed by atoms with van der Waals surface area (Å²) < 4.78 is 10.1. The van der Waals surface area contributed by atoms with Crippen molar-refractivity contribution in [2.75, 3.05) is 49.8 Å². The van der Waals surface area contributed by atoms with Gasteiger partial charge in [-0.2, -0.15) is 0 Å². The molecule has 0 bridgehead atoms. The predicted octanol–water partition coefficient (Wildman–Crippen LogP) is 1.79. The lowest BCUT2D eigenvalue weighted by Gasteiger charge is -2.29. The molecule has 3 rings (SSSR count). The second-order valence-electron chi connectivity index (χ2n) is 6.46. The second-order valence-corrected chi connectivity index (χ2v) is 6.46. The highest BCUT2D eigenvalue weighted by Crippen LogP contribution is 2.35. The van der Waals surface area contributed by atoms with E-state index in [0.717, 1.165) is 5.56 Å². The molecule has 1 aromatic carbocycles. The lowest BCUT2D eigenvalue weighted by Crippen LogP contribution is -2.37. The van der Waals surface area contributed by atoms with Crippen LogP contribution in [0.2, 0.25) is 0 Å². The first-order chi connectivity index (χ1) is 14.1. The number of methoxy groups -OCH3 is 1. The Hall–Kier alpha value is -3.27. The fraction of sp³-hybridized carbons (Fsp3) is 0.421. The fourth-order valence-corrected chi connectivity index (χ4v) is 3.15. The molecule has 29 heavy (non-hydrogen) atoms. The molecule has 1 aliphatic heterocycles. The van der Waals surface area contributed by atoms with E-state index in [1.807, 2.05) is 35.2 Å². The maximum absolute atomic E-state index is 12.0. The van der Waals surface area contributed by atoms with Crippen LogP contribution in [0.15, 0.2) is 36.7 Å². The van der Waals surface area contributed by atoms with Crippen molar-refractivity contribution in [2.45, 2.75) is 13.0 Å². The molecule has 2 aromatic rings. The first-order valence-corrected chi connectivity index (χ1v) is 9.28. The molecule has 0 unspecified atom stereocenters. The molecule has 0 spiro atoms. The molecule has 1 aromatic heterocycles. The van der Waals surface area contributed by atoms with Gasteiger partial charge in [-0.3, -0.25) is 14.9 Å². The van der Waals surface area contributed by atoms with Gasteiger partial charge in [-0.1, -0.05) is 30.3 Å². The Bertz CT molecular complexity index is 842. The van der Waals surface area contributed by atoms with E-state index < -0.39 is 10.9 Å². The van der Waals surface area contributed by atoms with Crippen molar-refractivity contribution in [3.8, 4) is 0 Å². The average Bonchev–Trinajstić information content (AvgIpc) is 2.77. The van der Waals surface area contributed by atoms with Gasteiger partial charge >= 0.3 is 11.7 Å². The maximum Gasteiger partial charge on any atom is 0.353 e. The van der Waals surface area contributed by atoms with Gasteiger partial charge in [-0.05, 0) is 5.56 Å². The number of benzene rings is 1. The third-order valence-electron chi connectivity index (χ3n) is 4.61. The third-order valence-corrected chi connectivity index (χ3v) is 4.61.